The molecule has 1 aromatic rings. The number of amides is 2. The fraction of sp³-hybridized carbons (Fsp3) is 0. The van der Waals surface area contributed by atoms with E-state index in [1.807, 2.05) is 0 Å². The molecule has 0 aliphatic carbocycles. The van der Waals surface area contributed by atoms with Crippen LogP contribution in [0.15, 0.2) is 24.3 Å². The number of ketones is 1. The van der Waals surface area contributed by atoms with Crippen molar-refractivity contribution in [1.29, 1.82) is 0 Å². The van der Waals surface area contributed by atoms with Crippen molar-refractivity contribution in [3.8, 4) is 0 Å². The van der Waals surface area contributed by atoms with Gasteiger partial charge >= 0.3 is 57.3 Å². The van der Waals surface area contributed by atoms with Gasteiger partial charge in [0.25, 0.3) is 5.78 Å². The van der Waals surface area contributed by atoms with Crippen LogP contribution in [0.3, 0.4) is 0 Å². The summed E-state index contributed by atoms with van der Waals surface area (Å²) in [7, 11) is 0. The molecule has 0 saturated heterocycles. The Kier molecular flexibility index (Phi) is 3.80. The molecule has 70 valence electrons. The Bertz CT molecular complexity index is 457. The van der Waals surface area contributed by atoms with Gasteiger partial charge < -0.3 is 9.90 Å². The van der Waals surface area contributed by atoms with Crippen LogP contribution in [-0.2, 0) is 4.79 Å². The zero-order chi connectivity index (χ0) is 10.3. The molecule has 0 spiro atoms. The van der Waals surface area contributed by atoms with Gasteiger partial charge in [0.05, 0.1) is 11.3 Å². The Morgan fingerprint density at radius 2 is 1.80 bits per heavy atom. The first-order valence-electron chi connectivity index (χ1n) is 3.81. The summed E-state index contributed by atoms with van der Waals surface area (Å²) in [5.41, 5.74) is 0.171. The first-order chi connectivity index (χ1) is 6.63. The summed E-state index contributed by atoms with van der Waals surface area (Å²) in [4.78, 5) is 33.3. The molecule has 0 N–H and O–H groups in total. The van der Waals surface area contributed by atoms with E-state index >= 15 is 0 Å². The van der Waals surface area contributed by atoms with Gasteiger partial charge in [0.15, 0.2) is 0 Å². The van der Waals surface area contributed by atoms with Gasteiger partial charge in [-0.3, -0.25) is 14.5 Å². The van der Waals surface area contributed by atoms with Crippen LogP contribution in [0.2, 0.25) is 0 Å². The van der Waals surface area contributed by atoms with Gasteiger partial charge in [-0.25, -0.2) is 0 Å². The third kappa shape index (κ3) is 1.91. The van der Waals surface area contributed by atoms with Gasteiger partial charge in [-0.2, -0.15) is 0 Å². The molecule has 0 aromatic heterocycles. The fourth-order valence-electron chi connectivity index (χ4n) is 1.37. The molecule has 5 nitrogen and oxygen atoms in total. The number of nitrogens with zero attached hydrogens (tertiary/aromatic N) is 1. The van der Waals surface area contributed by atoms with Crippen molar-refractivity contribution >= 4 is 23.5 Å². The number of imide groups is 1. The number of hydrogen-bond acceptors (Lipinski definition) is 4. The van der Waals surface area contributed by atoms with E-state index in [9.17, 15) is 19.5 Å². The minimum absolute atomic E-state index is 0. The Morgan fingerprint density at radius 1 is 1.20 bits per heavy atom. The summed E-state index contributed by atoms with van der Waals surface area (Å²) in [6.45, 7) is 0. The molecule has 0 atom stereocenters. The Balaban J connectivity index is 0.00000112. The Hall–Kier alpha value is -0.534. The van der Waals surface area contributed by atoms with Gasteiger partial charge in [0, 0.05) is 0 Å². The van der Waals surface area contributed by atoms with Crippen LogP contribution in [0.5, 0.6) is 0 Å². The van der Waals surface area contributed by atoms with E-state index in [-0.39, 0.29) is 62.6 Å². The molecule has 0 radical (unpaired) electrons. The molecule has 0 fully saturated rings. The quantitative estimate of drug-likeness (QED) is 0.342. The maximum atomic E-state index is 11.2. The van der Waals surface area contributed by atoms with Gasteiger partial charge in [0.1, 0.15) is 6.09 Å². The number of hydrogen-bond donors (Lipinski definition) is 0. The zero-order valence-corrected chi connectivity index (χ0v) is 11.0. The number of carbonyl (C=O) groups is 3. The topological polar surface area (TPSA) is 77.5 Å². The van der Waals surface area contributed by atoms with Crippen molar-refractivity contribution < 1.29 is 70.9 Å². The molecule has 1 aliphatic rings. The first-order valence-corrected chi connectivity index (χ1v) is 3.81. The first kappa shape index (κ1) is 12.5. The number of rotatable bonds is 0. The summed E-state index contributed by atoms with van der Waals surface area (Å²) in [6.07, 6.45) is -1.69. The molecule has 2 rings (SSSR count). The van der Waals surface area contributed by atoms with E-state index in [2.05, 4.69) is 0 Å². The molecule has 0 saturated carbocycles. The molecular weight excluding hydrogens is 225 g/mol. The molecule has 0 bridgehead atoms. The fourth-order valence-corrected chi connectivity index (χ4v) is 1.37. The second-order valence-corrected chi connectivity index (χ2v) is 2.75. The number of carboxylic acid groups (broad SMARTS) is 1. The SMILES string of the molecule is O=C1C(=O)N(C(=O)[O-])c2ccccc21.[K+]. The molecule has 2 amide bonds. The number of fused-ring (bicyclic) bond motifs is 1. The van der Waals surface area contributed by atoms with Crippen LogP contribution >= 0.6 is 0 Å². The Morgan fingerprint density at radius 3 is 2.40 bits per heavy atom. The number of anilines is 1. The summed E-state index contributed by atoms with van der Waals surface area (Å²) >= 11 is 0. The van der Waals surface area contributed by atoms with Crippen LogP contribution < -0.4 is 61.4 Å². The molecule has 6 heteroatoms. The molecule has 1 aliphatic heterocycles. The van der Waals surface area contributed by atoms with E-state index in [4.69, 9.17) is 0 Å². The normalized spacial score (nSPS) is 13.5. The van der Waals surface area contributed by atoms with Crippen molar-refractivity contribution in [3.63, 3.8) is 0 Å². The summed E-state index contributed by atoms with van der Waals surface area (Å²) in [5, 5.41) is 10.6. The maximum absolute atomic E-state index is 11.2. The number of carbonyl (C=O) groups excluding carboxylic acids is 3. The van der Waals surface area contributed by atoms with Crippen LogP contribution in [-0.4, -0.2) is 17.8 Å². The van der Waals surface area contributed by atoms with Crippen molar-refractivity contribution in [2.45, 2.75) is 0 Å². The second-order valence-electron chi connectivity index (χ2n) is 2.75. The van der Waals surface area contributed by atoms with Crippen molar-refractivity contribution in [2.24, 2.45) is 0 Å². The average Bonchev–Trinajstić information content (AvgIpc) is 2.41. The predicted molar refractivity (Wildman–Crippen MR) is 43.7 cm³/mol. The van der Waals surface area contributed by atoms with Crippen LogP contribution in [0.4, 0.5) is 10.5 Å². The Labute approximate surface area is 127 Å². The van der Waals surface area contributed by atoms with E-state index in [1.54, 1.807) is 12.1 Å². The molecule has 0 unspecified atom stereocenters. The van der Waals surface area contributed by atoms with Crippen LogP contribution in [0, 0.1) is 0 Å². The third-order valence-electron chi connectivity index (χ3n) is 1.97. The monoisotopic (exact) mass is 229 g/mol. The van der Waals surface area contributed by atoms with E-state index < -0.39 is 17.8 Å². The van der Waals surface area contributed by atoms with Crippen LogP contribution in [0.25, 0.3) is 0 Å². The number of Topliss-reactive ketones (excluding diaryl/α,β-unsaturated/α-hetero) is 1. The van der Waals surface area contributed by atoms with E-state index in [0.29, 0.717) is 4.90 Å². The average molecular weight is 229 g/mol. The maximum Gasteiger partial charge on any atom is 1.00 e. The van der Waals surface area contributed by atoms with Gasteiger partial charge in [-0.1, -0.05) is 12.1 Å². The predicted octanol–water partition coefficient (Wildman–Crippen LogP) is -3.44. The smallest absolute Gasteiger partial charge is 0.529 e. The zero-order valence-electron chi connectivity index (χ0n) is 7.89. The number of benzene rings is 1. The van der Waals surface area contributed by atoms with Crippen molar-refractivity contribution in [3.05, 3.63) is 29.8 Å². The van der Waals surface area contributed by atoms with E-state index in [0.717, 1.165) is 0 Å². The summed E-state index contributed by atoms with van der Waals surface area (Å²) in [6, 6.07) is 5.88. The third-order valence-corrected chi connectivity index (χ3v) is 1.97. The minimum Gasteiger partial charge on any atom is -0.529 e. The van der Waals surface area contributed by atoms with E-state index in [1.165, 1.54) is 12.1 Å². The standard InChI is InChI=1S/C9H5NO4.K/c11-7-5-3-1-2-4-6(5)10(8(7)12)9(13)14;/h1-4H,(H,13,14);/q;+1/p-1. The second kappa shape index (κ2) is 4.54. The number of para-hydroxylation sites is 1. The van der Waals surface area contributed by atoms with Crippen LogP contribution in [0.1, 0.15) is 10.4 Å². The molecular formula is C9H4KNO4. The van der Waals surface area contributed by atoms with Gasteiger partial charge in [0.2, 0.25) is 0 Å². The van der Waals surface area contributed by atoms with Gasteiger partial charge in [-0.15, -0.1) is 0 Å². The molecule has 1 aromatic carbocycles. The van der Waals surface area contributed by atoms with Crippen molar-refractivity contribution in [2.75, 3.05) is 4.90 Å². The summed E-state index contributed by atoms with van der Waals surface area (Å²) in [5.74, 6) is -1.89. The largest absolute Gasteiger partial charge is 1.00 e. The molecule has 15 heavy (non-hydrogen) atoms. The van der Waals surface area contributed by atoms with Gasteiger partial charge in [-0.05, 0) is 12.1 Å². The van der Waals surface area contributed by atoms with Crippen molar-refractivity contribution in [1.82, 2.24) is 0 Å². The summed E-state index contributed by atoms with van der Waals surface area (Å²) < 4.78 is 0. The minimum atomic E-state index is -1.69. The molecule has 1 heterocycles.